The summed E-state index contributed by atoms with van der Waals surface area (Å²) in [5.41, 5.74) is 4.18. The van der Waals surface area contributed by atoms with E-state index in [0.29, 0.717) is 13.1 Å². The Labute approximate surface area is 160 Å². The molecule has 0 saturated heterocycles. The van der Waals surface area contributed by atoms with Crippen molar-refractivity contribution in [3.05, 3.63) is 59.7 Å². The van der Waals surface area contributed by atoms with E-state index in [1.165, 1.54) is 5.56 Å². The number of aromatic nitrogens is 3. The van der Waals surface area contributed by atoms with Gasteiger partial charge in [0.05, 0.1) is 23.6 Å². The van der Waals surface area contributed by atoms with Crippen LogP contribution in [0.4, 0.5) is 0 Å². The Balaban J connectivity index is 1.67. The SMILES string of the molecule is Cc1ccc2nc(C(NC(=O)CN(C)Cc3cccnc3)C(C)C)[nH]c2c1. The van der Waals surface area contributed by atoms with Crippen molar-refractivity contribution in [1.29, 1.82) is 0 Å². The Morgan fingerprint density at radius 3 is 2.81 bits per heavy atom. The summed E-state index contributed by atoms with van der Waals surface area (Å²) < 4.78 is 0. The summed E-state index contributed by atoms with van der Waals surface area (Å²) in [5.74, 6) is 1.00. The zero-order chi connectivity index (χ0) is 19.4. The molecular weight excluding hydrogens is 338 g/mol. The maximum atomic E-state index is 12.6. The Hall–Kier alpha value is -2.73. The number of aryl methyl sites for hydroxylation is 1. The monoisotopic (exact) mass is 365 g/mol. The predicted octanol–water partition coefficient (Wildman–Crippen LogP) is 3.21. The number of likely N-dealkylation sites (N-methyl/N-ethyl adjacent to an activating group) is 1. The number of pyridine rings is 1. The van der Waals surface area contributed by atoms with Crippen molar-refractivity contribution in [3.8, 4) is 0 Å². The Bertz CT molecular complexity index is 903. The number of carbonyl (C=O) groups is 1. The molecule has 142 valence electrons. The van der Waals surface area contributed by atoms with Crippen LogP contribution in [-0.4, -0.2) is 39.4 Å². The summed E-state index contributed by atoms with van der Waals surface area (Å²) >= 11 is 0. The number of imidazole rings is 1. The van der Waals surface area contributed by atoms with Crippen LogP contribution in [0.25, 0.3) is 11.0 Å². The standard InChI is InChI=1S/C21H27N5O/c1-14(2)20(21-23-17-8-7-15(3)10-18(17)24-21)25-19(27)13-26(4)12-16-6-5-9-22-11-16/h5-11,14,20H,12-13H2,1-4H3,(H,23,24)(H,25,27). The number of hydrogen-bond acceptors (Lipinski definition) is 4. The van der Waals surface area contributed by atoms with Crippen molar-refractivity contribution >= 4 is 16.9 Å². The van der Waals surface area contributed by atoms with Gasteiger partial charge in [-0.3, -0.25) is 14.7 Å². The molecule has 27 heavy (non-hydrogen) atoms. The van der Waals surface area contributed by atoms with Crippen molar-refractivity contribution < 1.29 is 4.79 Å². The first-order valence-corrected chi connectivity index (χ1v) is 9.25. The third-order valence-corrected chi connectivity index (χ3v) is 4.52. The molecule has 0 fully saturated rings. The maximum absolute atomic E-state index is 12.6. The lowest BCUT2D eigenvalue weighted by atomic mass is 10.0. The lowest BCUT2D eigenvalue weighted by Gasteiger charge is -2.22. The molecular formula is C21H27N5O. The average molecular weight is 365 g/mol. The van der Waals surface area contributed by atoms with Gasteiger partial charge in [-0.1, -0.05) is 26.0 Å². The normalized spacial score (nSPS) is 12.7. The minimum Gasteiger partial charge on any atom is -0.345 e. The summed E-state index contributed by atoms with van der Waals surface area (Å²) in [5, 5.41) is 3.14. The minimum atomic E-state index is -0.156. The smallest absolute Gasteiger partial charge is 0.234 e. The second-order valence-corrected chi connectivity index (χ2v) is 7.47. The molecule has 1 atom stereocenters. The molecule has 2 aromatic heterocycles. The van der Waals surface area contributed by atoms with Crippen LogP contribution in [-0.2, 0) is 11.3 Å². The summed E-state index contributed by atoms with van der Waals surface area (Å²) in [6.45, 7) is 7.22. The number of carbonyl (C=O) groups excluding carboxylic acids is 1. The van der Waals surface area contributed by atoms with E-state index < -0.39 is 0 Å². The van der Waals surface area contributed by atoms with Crippen LogP contribution >= 0.6 is 0 Å². The van der Waals surface area contributed by atoms with Crippen LogP contribution in [0, 0.1) is 12.8 Å². The molecule has 2 N–H and O–H groups in total. The molecule has 0 aliphatic carbocycles. The number of nitrogens with one attached hydrogen (secondary N) is 2. The molecule has 0 aliphatic rings. The molecule has 6 nitrogen and oxygen atoms in total. The predicted molar refractivity (Wildman–Crippen MR) is 107 cm³/mol. The molecule has 0 spiro atoms. The van der Waals surface area contributed by atoms with E-state index >= 15 is 0 Å². The zero-order valence-corrected chi connectivity index (χ0v) is 16.4. The molecule has 0 aliphatic heterocycles. The van der Waals surface area contributed by atoms with E-state index in [4.69, 9.17) is 0 Å². The quantitative estimate of drug-likeness (QED) is 0.674. The van der Waals surface area contributed by atoms with Gasteiger partial charge in [0, 0.05) is 18.9 Å². The van der Waals surface area contributed by atoms with Crippen LogP contribution in [0.15, 0.2) is 42.7 Å². The number of fused-ring (bicyclic) bond motifs is 1. The first kappa shape index (κ1) is 19.0. The second-order valence-electron chi connectivity index (χ2n) is 7.47. The maximum Gasteiger partial charge on any atom is 0.234 e. The largest absolute Gasteiger partial charge is 0.345 e. The van der Waals surface area contributed by atoms with E-state index in [1.807, 2.05) is 42.4 Å². The first-order valence-electron chi connectivity index (χ1n) is 9.25. The molecule has 3 rings (SSSR count). The fraction of sp³-hybridized carbons (Fsp3) is 0.381. The van der Waals surface area contributed by atoms with Crippen LogP contribution in [0.3, 0.4) is 0 Å². The van der Waals surface area contributed by atoms with Crippen molar-refractivity contribution in [3.63, 3.8) is 0 Å². The fourth-order valence-electron chi connectivity index (χ4n) is 3.16. The number of rotatable bonds is 7. The van der Waals surface area contributed by atoms with Crippen LogP contribution in [0.5, 0.6) is 0 Å². The van der Waals surface area contributed by atoms with Gasteiger partial charge in [0.1, 0.15) is 5.82 Å². The van der Waals surface area contributed by atoms with Gasteiger partial charge in [-0.15, -0.1) is 0 Å². The Morgan fingerprint density at radius 2 is 2.11 bits per heavy atom. The summed E-state index contributed by atoms with van der Waals surface area (Å²) in [6, 6.07) is 9.88. The number of hydrogen-bond donors (Lipinski definition) is 2. The lowest BCUT2D eigenvalue weighted by molar-refractivity contribution is -0.123. The number of amides is 1. The topological polar surface area (TPSA) is 73.9 Å². The van der Waals surface area contributed by atoms with Gasteiger partial charge in [0.15, 0.2) is 0 Å². The highest BCUT2D eigenvalue weighted by Gasteiger charge is 2.22. The Kier molecular flexibility index (Phi) is 5.86. The molecule has 1 aromatic carbocycles. The molecule has 1 amide bonds. The lowest BCUT2D eigenvalue weighted by Crippen LogP contribution is -2.39. The van der Waals surface area contributed by atoms with Crippen LogP contribution in [0.1, 0.15) is 36.8 Å². The van der Waals surface area contributed by atoms with Crippen molar-refractivity contribution in [1.82, 2.24) is 25.2 Å². The van der Waals surface area contributed by atoms with E-state index in [0.717, 1.165) is 22.4 Å². The molecule has 0 saturated carbocycles. The molecule has 0 bridgehead atoms. The van der Waals surface area contributed by atoms with E-state index in [-0.39, 0.29) is 17.9 Å². The number of aromatic amines is 1. The highest BCUT2D eigenvalue weighted by atomic mass is 16.2. The Morgan fingerprint density at radius 1 is 1.30 bits per heavy atom. The molecule has 0 radical (unpaired) electrons. The van der Waals surface area contributed by atoms with Crippen LogP contribution < -0.4 is 5.32 Å². The fourth-order valence-corrected chi connectivity index (χ4v) is 3.16. The molecule has 2 heterocycles. The van der Waals surface area contributed by atoms with Crippen molar-refractivity contribution in [2.24, 2.45) is 5.92 Å². The third kappa shape index (κ3) is 4.92. The van der Waals surface area contributed by atoms with Gasteiger partial charge in [0.2, 0.25) is 5.91 Å². The summed E-state index contributed by atoms with van der Waals surface area (Å²) in [7, 11) is 1.93. The third-order valence-electron chi connectivity index (χ3n) is 4.52. The molecule has 1 unspecified atom stereocenters. The average Bonchev–Trinajstić information content (AvgIpc) is 3.02. The van der Waals surface area contributed by atoms with Gasteiger partial charge in [0.25, 0.3) is 0 Å². The van der Waals surface area contributed by atoms with Crippen LogP contribution in [0.2, 0.25) is 0 Å². The summed E-state index contributed by atoms with van der Waals surface area (Å²) in [4.78, 5) is 26.7. The van der Waals surface area contributed by atoms with E-state index in [9.17, 15) is 4.79 Å². The van der Waals surface area contributed by atoms with Gasteiger partial charge < -0.3 is 10.3 Å². The second kappa shape index (κ2) is 8.31. The van der Waals surface area contributed by atoms with Gasteiger partial charge in [-0.2, -0.15) is 0 Å². The minimum absolute atomic E-state index is 0.0169. The molecule has 3 aromatic rings. The molecule has 6 heteroatoms. The number of nitrogens with zero attached hydrogens (tertiary/aromatic N) is 3. The van der Waals surface area contributed by atoms with Crippen molar-refractivity contribution in [2.75, 3.05) is 13.6 Å². The zero-order valence-electron chi connectivity index (χ0n) is 16.4. The van der Waals surface area contributed by atoms with Gasteiger partial charge in [-0.05, 0) is 49.2 Å². The number of H-pyrrole nitrogens is 1. The first-order chi connectivity index (χ1) is 12.9. The van der Waals surface area contributed by atoms with Crippen molar-refractivity contribution in [2.45, 2.75) is 33.4 Å². The van der Waals surface area contributed by atoms with Gasteiger partial charge in [-0.25, -0.2) is 4.98 Å². The summed E-state index contributed by atoms with van der Waals surface area (Å²) in [6.07, 6.45) is 3.57. The highest BCUT2D eigenvalue weighted by molar-refractivity contribution is 5.79. The highest BCUT2D eigenvalue weighted by Crippen LogP contribution is 2.22. The van der Waals surface area contributed by atoms with Gasteiger partial charge >= 0.3 is 0 Å². The van der Waals surface area contributed by atoms with E-state index in [2.05, 4.69) is 47.1 Å². The number of benzene rings is 1. The van der Waals surface area contributed by atoms with E-state index in [1.54, 1.807) is 6.20 Å².